The van der Waals surface area contributed by atoms with E-state index in [1.807, 2.05) is 38.1 Å². The lowest BCUT2D eigenvalue weighted by Gasteiger charge is -2.31. The molecule has 33 heavy (non-hydrogen) atoms. The molecule has 178 valence electrons. The molecule has 0 spiro atoms. The van der Waals surface area contributed by atoms with E-state index in [4.69, 9.17) is 11.6 Å². The lowest BCUT2D eigenvalue weighted by Crippen LogP contribution is -2.49. The number of likely N-dealkylation sites (tertiary alicyclic amines) is 1. The molecule has 0 saturated carbocycles. The monoisotopic (exact) mass is 473 g/mol. The molecule has 1 N–H and O–H groups in total. The molecule has 1 saturated heterocycles. The zero-order valence-corrected chi connectivity index (χ0v) is 20.0. The minimum atomic E-state index is -0.642. The topological polar surface area (TPSA) is 86.8 Å². The first-order chi connectivity index (χ1) is 15.9. The van der Waals surface area contributed by atoms with Gasteiger partial charge in [-0.15, -0.1) is 0 Å². The second-order valence-corrected chi connectivity index (χ2v) is 9.03. The number of fused-ring (bicyclic) bond motifs is 1. The van der Waals surface area contributed by atoms with Crippen molar-refractivity contribution in [1.82, 2.24) is 15.1 Å². The van der Waals surface area contributed by atoms with E-state index in [1.165, 1.54) is 4.90 Å². The highest BCUT2D eigenvalue weighted by Gasteiger charge is 2.47. The molecule has 0 unspecified atom stereocenters. The lowest BCUT2D eigenvalue weighted by molar-refractivity contribution is -0.144. The average Bonchev–Trinajstić information content (AvgIpc) is 3.07. The number of hydrogen-bond donors (Lipinski definition) is 1. The van der Waals surface area contributed by atoms with E-state index in [0.29, 0.717) is 30.8 Å². The van der Waals surface area contributed by atoms with E-state index in [2.05, 4.69) is 5.32 Å². The van der Waals surface area contributed by atoms with Crippen LogP contribution >= 0.6 is 11.6 Å². The largest absolute Gasteiger partial charge is 0.354 e. The number of halogens is 1. The third-order valence-electron chi connectivity index (χ3n) is 6.35. The molecular formula is C25H32ClN3O4. The Kier molecular flexibility index (Phi) is 8.67. The van der Waals surface area contributed by atoms with Crippen LogP contribution in [0.2, 0.25) is 5.02 Å². The number of rotatable bonds is 10. The van der Waals surface area contributed by atoms with E-state index < -0.39 is 6.04 Å². The number of carbonyl (C=O) groups is 4. The van der Waals surface area contributed by atoms with Crippen molar-refractivity contribution < 1.29 is 19.2 Å². The summed E-state index contributed by atoms with van der Waals surface area (Å²) in [6, 6.07) is 6.50. The molecule has 1 heterocycles. The summed E-state index contributed by atoms with van der Waals surface area (Å²) < 4.78 is 0. The maximum Gasteiger partial charge on any atom is 0.242 e. The maximum absolute atomic E-state index is 13.3. The van der Waals surface area contributed by atoms with Gasteiger partial charge in [0.25, 0.3) is 0 Å². The number of allylic oxidation sites excluding steroid dienone is 2. The van der Waals surface area contributed by atoms with Gasteiger partial charge in [0.05, 0.1) is 11.8 Å². The Morgan fingerprint density at radius 1 is 1.09 bits per heavy atom. The minimum Gasteiger partial charge on any atom is -0.354 e. The van der Waals surface area contributed by atoms with E-state index in [0.717, 1.165) is 12.0 Å². The maximum atomic E-state index is 13.3. The normalized spacial score (nSPS) is 20.5. The molecule has 7 nitrogen and oxygen atoms in total. The molecule has 3 atom stereocenters. The summed E-state index contributed by atoms with van der Waals surface area (Å²) >= 11 is 5.99. The standard InChI is InChI=1S/C25H32ClN3O4/c1-3-14-27-23(31)21(4-2)29(16-17-9-11-18(26)12-10-17)22(30)13-15-28-24(32)19-7-5-6-8-20(19)25(28)33/h5-6,9-12,19-21H,3-4,7-8,13-16H2,1-2H3,(H,27,31)/t19-,20+,21-/m1/s1. The van der Waals surface area contributed by atoms with Crippen LogP contribution in [0.1, 0.15) is 51.5 Å². The summed E-state index contributed by atoms with van der Waals surface area (Å²) in [7, 11) is 0. The van der Waals surface area contributed by atoms with E-state index in [9.17, 15) is 19.2 Å². The van der Waals surface area contributed by atoms with Gasteiger partial charge in [-0.3, -0.25) is 24.1 Å². The summed E-state index contributed by atoms with van der Waals surface area (Å²) in [6.45, 7) is 4.64. The van der Waals surface area contributed by atoms with Crippen LogP contribution in [0.5, 0.6) is 0 Å². The van der Waals surface area contributed by atoms with E-state index >= 15 is 0 Å². The van der Waals surface area contributed by atoms with Crippen molar-refractivity contribution in [2.75, 3.05) is 13.1 Å². The van der Waals surface area contributed by atoms with Crippen LogP contribution in [0.15, 0.2) is 36.4 Å². The highest BCUT2D eigenvalue weighted by atomic mass is 35.5. The Morgan fingerprint density at radius 3 is 2.24 bits per heavy atom. The van der Waals surface area contributed by atoms with Gasteiger partial charge in [0.2, 0.25) is 23.6 Å². The van der Waals surface area contributed by atoms with Crippen LogP contribution in [0.4, 0.5) is 0 Å². The average molecular weight is 474 g/mol. The van der Waals surface area contributed by atoms with Crippen LogP contribution in [0.25, 0.3) is 0 Å². The number of imide groups is 1. The number of nitrogens with zero attached hydrogens (tertiary/aromatic N) is 2. The van der Waals surface area contributed by atoms with Crippen molar-refractivity contribution in [2.24, 2.45) is 11.8 Å². The molecule has 1 aliphatic heterocycles. The Hall–Kier alpha value is -2.67. The van der Waals surface area contributed by atoms with Crippen LogP contribution in [-0.2, 0) is 25.7 Å². The Balaban J connectivity index is 1.73. The Labute approximate surface area is 200 Å². The summed E-state index contributed by atoms with van der Waals surface area (Å²) in [6.07, 6.45) is 6.24. The molecule has 0 aromatic heterocycles. The molecule has 8 heteroatoms. The molecule has 3 rings (SSSR count). The molecule has 1 aliphatic carbocycles. The second-order valence-electron chi connectivity index (χ2n) is 8.60. The number of hydrogen-bond acceptors (Lipinski definition) is 4. The van der Waals surface area contributed by atoms with Crippen molar-refractivity contribution in [1.29, 1.82) is 0 Å². The van der Waals surface area contributed by atoms with Gasteiger partial charge < -0.3 is 10.2 Å². The van der Waals surface area contributed by atoms with Gasteiger partial charge in [-0.2, -0.15) is 0 Å². The van der Waals surface area contributed by atoms with Crippen LogP contribution in [0.3, 0.4) is 0 Å². The van der Waals surface area contributed by atoms with Crippen molar-refractivity contribution in [3.63, 3.8) is 0 Å². The Bertz CT molecular complexity index is 889. The number of benzene rings is 1. The molecular weight excluding hydrogens is 442 g/mol. The van der Waals surface area contributed by atoms with Gasteiger partial charge in [-0.1, -0.05) is 49.7 Å². The van der Waals surface area contributed by atoms with Crippen molar-refractivity contribution in [3.05, 3.63) is 47.0 Å². The molecule has 1 aromatic rings. The third-order valence-corrected chi connectivity index (χ3v) is 6.60. The van der Waals surface area contributed by atoms with E-state index in [1.54, 1.807) is 17.0 Å². The quantitative estimate of drug-likeness (QED) is 0.417. The van der Waals surface area contributed by atoms with E-state index in [-0.39, 0.29) is 55.0 Å². The fourth-order valence-electron chi connectivity index (χ4n) is 4.51. The smallest absolute Gasteiger partial charge is 0.242 e. The summed E-state index contributed by atoms with van der Waals surface area (Å²) in [5, 5.41) is 3.47. The first kappa shape index (κ1) is 25.0. The highest BCUT2D eigenvalue weighted by Crippen LogP contribution is 2.35. The molecule has 0 radical (unpaired) electrons. The van der Waals surface area contributed by atoms with Crippen LogP contribution in [-0.4, -0.2) is 52.6 Å². The van der Waals surface area contributed by atoms with Gasteiger partial charge in [-0.25, -0.2) is 0 Å². The molecule has 1 fully saturated rings. The molecule has 0 bridgehead atoms. The van der Waals surface area contributed by atoms with Gasteiger partial charge in [0.15, 0.2) is 0 Å². The second kappa shape index (κ2) is 11.5. The van der Waals surface area contributed by atoms with Crippen molar-refractivity contribution in [2.45, 2.75) is 58.5 Å². The van der Waals surface area contributed by atoms with Crippen molar-refractivity contribution in [3.8, 4) is 0 Å². The summed E-state index contributed by atoms with van der Waals surface area (Å²) in [5.74, 6) is -1.49. The zero-order chi connectivity index (χ0) is 24.0. The Morgan fingerprint density at radius 2 is 1.70 bits per heavy atom. The predicted octanol–water partition coefficient (Wildman–Crippen LogP) is 3.31. The molecule has 1 aromatic carbocycles. The van der Waals surface area contributed by atoms with Crippen molar-refractivity contribution >= 4 is 35.2 Å². The third kappa shape index (κ3) is 5.82. The minimum absolute atomic E-state index is 0.0184. The zero-order valence-electron chi connectivity index (χ0n) is 19.3. The fourth-order valence-corrected chi connectivity index (χ4v) is 4.64. The van der Waals surface area contributed by atoms with Gasteiger partial charge in [-0.05, 0) is 43.4 Å². The molecule has 2 aliphatic rings. The van der Waals surface area contributed by atoms with Crippen LogP contribution < -0.4 is 5.32 Å². The fraction of sp³-hybridized carbons (Fsp3) is 0.520. The molecule has 4 amide bonds. The number of amides is 4. The first-order valence-corrected chi connectivity index (χ1v) is 12.1. The first-order valence-electron chi connectivity index (χ1n) is 11.7. The van der Waals surface area contributed by atoms with Gasteiger partial charge in [0.1, 0.15) is 6.04 Å². The van der Waals surface area contributed by atoms with Gasteiger partial charge in [0, 0.05) is 31.1 Å². The highest BCUT2D eigenvalue weighted by molar-refractivity contribution is 6.30. The van der Waals surface area contributed by atoms with Crippen LogP contribution in [0, 0.1) is 11.8 Å². The summed E-state index contributed by atoms with van der Waals surface area (Å²) in [5.41, 5.74) is 0.847. The number of carbonyl (C=O) groups excluding carboxylic acids is 4. The SMILES string of the molecule is CCCNC(=O)[C@@H](CC)N(Cc1ccc(Cl)cc1)C(=O)CCN1C(=O)[C@H]2CC=CC[C@H]2C1=O. The summed E-state index contributed by atoms with van der Waals surface area (Å²) in [4.78, 5) is 54.4. The predicted molar refractivity (Wildman–Crippen MR) is 126 cm³/mol. The van der Waals surface area contributed by atoms with Gasteiger partial charge >= 0.3 is 0 Å². The lowest BCUT2D eigenvalue weighted by atomic mass is 9.85. The number of nitrogens with one attached hydrogen (secondary N) is 1.